The molecular formula is C15H20N4O3S. The van der Waals surface area contributed by atoms with Gasteiger partial charge in [0.15, 0.2) is 0 Å². The number of amides is 4. The highest BCUT2D eigenvalue weighted by molar-refractivity contribution is 7.99. The van der Waals surface area contributed by atoms with Crippen LogP contribution in [0.25, 0.3) is 0 Å². The standard InChI is InChI=1S/C15H20N4O3S/c1-10-8-11(14(21)19-4-6-23-7-5-19)2-3-12(10)17-9-13(20)18-15(16)22/h2-3,8,17H,4-7,9H2,1H3,(H3,16,18,20,22). The number of nitrogens with zero attached hydrogens (tertiary/aromatic N) is 1. The lowest BCUT2D eigenvalue weighted by atomic mass is 10.1. The molecule has 1 saturated heterocycles. The fourth-order valence-electron chi connectivity index (χ4n) is 2.30. The minimum atomic E-state index is -0.880. The number of imide groups is 1. The van der Waals surface area contributed by atoms with Crippen LogP contribution < -0.4 is 16.4 Å². The van der Waals surface area contributed by atoms with Crippen molar-refractivity contribution in [1.82, 2.24) is 10.2 Å². The van der Waals surface area contributed by atoms with E-state index in [4.69, 9.17) is 5.73 Å². The number of rotatable bonds is 4. The number of carbonyl (C=O) groups excluding carboxylic acids is 3. The molecule has 0 unspecified atom stereocenters. The number of primary amides is 1. The van der Waals surface area contributed by atoms with Crippen LogP contribution in [0.15, 0.2) is 18.2 Å². The maximum Gasteiger partial charge on any atom is 0.318 e. The van der Waals surface area contributed by atoms with Gasteiger partial charge in [0.1, 0.15) is 0 Å². The molecule has 1 aliphatic rings. The van der Waals surface area contributed by atoms with Crippen molar-refractivity contribution >= 4 is 35.3 Å². The van der Waals surface area contributed by atoms with Crippen molar-refractivity contribution in [2.75, 3.05) is 36.5 Å². The van der Waals surface area contributed by atoms with E-state index in [1.165, 1.54) is 0 Å². The predicted molar refractivity (Wildman–Crippen MR) is 90.6 cm³/mol. The summed E-state index contributed by atoms with van der Waals surface area (Å²) in [4.78, 5) is 36.3. The molecule has 4 amide bonds. The smallest absolute Gasteiger partial charge is 0.318 e. The molecule has 4 N–H and O–H groups in total. The van der Waals surface area contributed by atoms with Crippen LogP contribution in [0.5, 0.6) is 0 Å². The fraction of sp³-hybridized carbons (Fsp3) is 0.400. The Morgan fingerprint density at radius 1 is 1.26 bits per heavy atom. The SMILES string of the molecule is Cc1cc(C(=O)N2CCSCC2)ccc1NCC(=O)NC(N)=O. The van der Waals surface area contributed by atoms with Gasteiger partial charge >= 0.3 is 6.03 Å². The molecule has 0 spiro atoms. The van der Waals surface area contributed by atoms with E-state index in [2.05, 4.69) is 5.32 Å². The first-order valence-corrected chi connectivity index (χ1v) is 8.43. The van der Waals surface area contributed by atoms with Gasteiger partial charge in [0.05, 0.1) is 6.54 Å². The Hall–Kier alpha value is -2.22. The summed E-state index contributed by atoms with van der Waals surface area (Å²) >= 11 is 1.86. The summed E-state index contributed by atoms with van der Waals surface area (Å²) in [5.74, 6) is 1.47. The zero-order valence-electron chi connectivity index (χ0n) is 12.9. The van der Waals surface area contributed by atoms with Gasteiger partial charge in [-0.05, 0) is 30.7 Å². The van der Waals surface area contributed by atoms with Gasteiger partial charge in [-0.1, -0.05) is 0 Å². The second kappa shape index (κ2) is 7.87. The van der Waals surface area contributed by atoms with Crippen LogP contribution in [-0.4, -0.2) is 53.9 Å². The number of anilines is 1. The third-order valence-electron chi connectivity index (χ3n) is 3.47. The van der Waals surface area contributed by atoms with E-state index >= 15 is 0 Å². The first kappa shape index (κ1) is 17.1. The van der Waals surface area contributed by atoms with Gasteiger partial charge in [0.25, 0.3) is 5.91 Å². The van der Waals surface area contributed by atoms with E-state index in [0.717, 1.165) is 35.8 Å². The molecule has 7 nitrogen and oxygen atoms in total. The number of thioether (sulfide) groups is 1. The van der Waals surface area contributed by atoms with Crippen LogP contribution >= 0.6 is 11.8 Å². The molecule has 2 rings (SSSR count). The van der Waals surface area contributed by atoms with Crippen LogP contribution in [0, 0.1) is 6.92 Å². The maximum atomic E-state index is 12.4. The highest BCUT2D eigenvalue weighted by atomic mass is 32.2. The average Bonchev–Trinajstić information content (AvgIpc) is 2.53. The molecule has 8 heteroatoms. The number of hydrogen-bond acceptors (Lipinski definition) is 5. The largest absolute Gasteiger partial charge is 0.376 e. The minimum Gasteiger partial charge on any atom is -0.376 e. The molecule has 1 heterocycles. The molecule has 0 bridgehead atoms. The van der Waals surface area contributed by atoms with Gasteiger partial charge in [0, 0.05) is 35.8 Å². The van der Waals surface area contributed by atoms with Gasteiger partial charge < -0.3 is 16.0 Å². The van der Waals surface area contributed by atoms with Crippen molar-refractivity contribution in [2.45, 2.75) is 6.92 Å². The van der Waals surface area contributed by atoms with Crippen LogP contribution in [-0.2, 0) is 4.79 Å². The molecule has 0 aromatic heterocycles. The van der Waals surface area contributed by atoms with E-state index in [1.807, 2.05) is 28.9 Å². The number of nitrogens with one attached hydrogen (secondary N) is 2. The van der Waals surface area contributed by atoms with Crippen molar-refractivity contribution < 1.29 is 14.4 Å². The first-order chi connectivity index (χ1) is 11.0. The van der Waals surface area contributed by atoms with Gasteiger partial charge in [-0.15, -0.1) is 0 Å². The molecule has 0 saturated carbocycles. The Kier molecular flexibility index (Phi) is 5.86. The maximum absolute atomic E-state index is 12.4. The van der Waals surface area contributed by atoms with Gasteiger partial charge in [-0.25, -0.2) is 4.79 Å². The lowest BCUT2D eigenvalue weighted by Crippen LogP contribution is -2.38. The van der Waals surface area contributed by atoms with Crippen molar-refractivity contribution in [3.63, 3.8) is 0 Å². The number of nitrogens with two attached hydrogens (primary N) is 1. The Labute approximate surface area is 139 Å². The van der Waals surface area contributed by atoms with E-state index in [-0.39, 0.29) is 12.5 Å². The molecule has 23 heavy (non-hydrogen) atoms. The molecule has 1 aromatic rings. The summed E-state index contributed by atoms with van der Waals surface area (Å²) in [6, 6.07) is 4.43. The van der Waals surface area contributed by atoms with Crippen molar-refractivity contribution in [2.24, 2.45) is 5.73 Å². The van der Waals surface area contributed by atoms with Crippen molar-refractivity contribution in [1.29, 1.82) is 0 Å². The summed E-state index contributed by atoms with van der Waals surface area (Å²) in [5.41, 5.74) is 7.10. The Balaban J connectivity index is 1.98. The summed E-state index contributed by atoms with van der Waals surface area (Å²) in [6.45, 7) is 3.34. The quantitative estimate of drug-likeness (QED) is 0.754. The fourth-order valence-corrected chi connectivity index (χ4v) is 3.20. The monoisotopic (exact) mass is 336 g/mol. The summed E-state index contributed by atoms with van der Waals surface area (Å²) in [5, 5.41) is 4.90. The second-order valence-corrected chi connectivity index (χ2v) is 6.42. The van der Waals surface area contributed by atoms with Crippen LogP contribution in [0.4, 0.5) is 10.5 Å². The second-order valence-electron chi connectivity index (χ2n) is 5.20. The lowest BCUT2D eigenvalue weighted by Gasteiger charge is -2.26. The Morgan fingerprint density at radius 3 is 2.57 bits per heavy atom. The predicted octanol–water partition coefficient (Wildman–Crippen LogP) is 0.791. The van der Waals surface area contributed by atoms with Crippen LogP contribution in [0.3, 0.4) is 0 Å². The molecule has 0 aliphatic carbocycles. The number of hydrogen-bond donors (Lipinski definition) is 3. The highest BCUT2D eigenvalue weighted by Gasteiger charge is 2.18. The van der Waals surface area contributed by atoms with Gasteiger partial charge in [-0.2, -0.15) is 11.8 Å². The van der Waals surface area contributed by atoms with E-state index in [9.17, 15) is 14.4 Å². The number of urea groups is 1. The van der Waals surface area contributed by atoms with E-state index in [1.54, 1.807) is 18.2 Å². The Morgan fingerprint density at radius 2 is 1.96 bits per heavy atom. The molecule has 1 aromatic carbocycles. The molecule has 1 fully saturated rings. The molecule has 0 atom stereocenters. The minimum absolute atomic E-state index is 0.0337. The molecule has 0 radical (unpaired) electrons. The van der Waals surface area contributed by atoms with Crippen molar-refractivity contribution in [3.8, 4) is 0 Å². The third kappa shape index (κ3) is 4.88. The van der Waals surface area contributed by atoms with E-state index < -0.39 is 11.9 Å². The summed E-state index contributed by atoms with van der Waals surface area (Å²) < 4.78 is 0. The molecular weight excluding hydrogens is 316 g/mol. The third-order valence-corrected chi connectivity index (χ3v) is 4.42. The average molecular weight is 336 g/mol. The lowest BCUT2D eigenvalue weighted by molar-refractivity contribution is -0.118. The zero-order valence-corrected chi connectivity index (χ0v) is 13.7. The van der Waals surface area contributed by atoms with Gasteiger partial charge in [0.2, 0.25) is 5.91 Å². The molecule has 124 valence electrons. The number of benzene rings is 1. The summed E-state index contributed by atoms with van der Waals surface area (Å²) in [7, 11) is 0. The van der Waals surface area contributed by atoms with Gasteiger partial charge in [-0.3, -0.25) is 14.9 Å². The van der Waals surface area contributed by atoms with E-state index in [0.29, 0.717) is 5.56 Å². The Bertz CT molecular complexity index is 615. The topological polar surface area (TPSA) is 105 Å². The molecule has 1 aliphatic heterocycles. The normalized spacial score (nSPS) is 14.2. The number of aryl methyl sites for hydroxylation is 1. The van der Waals surface area contributed by atoms with Crippen LogP contribution in [0.2, 0.25) is 0 Å². The van der Waals surface area contributed by atoms with Crippen molar-refractivity contribution in [3.05, 3.63) is 29.3 Å². The summed E-state index contributed by atoms with van der Waals surface area (Å²) in [6.07, 6.45) is 0. The first-order valence-electron chi connectivity index (χ1n) is 7.28. The zero-order chi connectivity index (χ0) is 16.8. The van der Waals surface area contributed by atoms with Crippen LogP contribution in [0.1, 0.15) is 15.9 Å². The number of carbonyl (C=O) groups is 3. The highest BCUT2D eigenvalue weighted by Crippen LogP contribution is 2.19.